The number of rotatable bonds is 11. The highest BCUT2D eigenvalue weighted by Crippen LogP contribution is 2.46. The standard InChI is InChI=1S/C32H31ClN2O6S/c1-4-7-16-41-24-15-10-20(17-25(24)40-6-3)28-27(29(36)19-8-12-22(13-9-19)39-5-2)30(37)31(38)35(28)32-34-23-14-11-21(33)18-26(23)42-32/h8-15,17-18,28,36H,4-7,16H2,1-3H3. The van der Waals surface area contributed by atoms with Gasteiger partial charge in [-0.15, -0.1) is 0 Å². The van der Waals surface area contributed by atoms with Crippen LogP contribution in [0.1, 0.15) is 50.8 Å². The van der Waals surface area contributed by atoms with E-state index >= 15 is 0 Å². The molecule has 0 aliphatic carbocycles. The Morgan fingerprint density at radius 3 is 2.43 bits per heavy atom. The van der Waals surface area contributed by atoms with Gasteiger partial charge in [0.1, 0.15) is 11.5 Å². The lowest BCUT2D eigenvalue weighted by Crippen LogP contribution is -2.29. The second-order valence-corrected chi connectivity index (χ2v) is 11.0. The summed E-state index contributed by atoms with van der Waals surface area (Å²) >= 11 is 7.45. The van der Waals surface area contributed by atoms with Crippen LogP contribution in [0.25, 0.3) is 16.0 Å². The third kappa shape index (κ3) is 5.80. The van der Waals surface area contributed by atoms with Crippen LogP contribution in [0.4, 0.5) is 5.13 Å². The summed E-state index contributed by atoms with van der Waals surface area (Å²) in [4.78, 5) is 33.3. The van der Waals surface area contributed by atoms with Gasteiger partial charge in [-0.25, -0.2) is 4.98 Å². The van der Waals surface area contributed by atoms with Gasteiger partial charge in [-0.2, -0.15) is 0 Å². The van der Waals surface area contributed by atoms with Crippen LogP contribution in [0.3, 0.4) is 0 Å². The minimum atomic E-state index is -0.975. The van der Waals surface area contributed by atoms with Gasteiger partial charge < -0.3 is 19.3 Å². The first-order valence-corrected chi connectivity index (χ1v) is 15.1. The highest BCUT2D eigenvalue weighted by molar-refractivity contribution is 7.22. The number of unbranched alkanes of at least 4 members (excludes halogenated alkanes) is 1. The van der Waals surface area contributed by atoms with Crippen molar-refractivity contribution in [2.24, 2.45) is 0 Å². The number of aromatic nitrogens is 1. The van der Waals surface area contributed by atoms with Crippen molar-refractivity contribution in [2.45, 2.75) is 39.7 Å². The summed E-state index contributed by atoms with van der Waals surface area (Å²) < 4.78 is 18.1. The van der Waals surface area contributed by atoms with Crippen molar-refractivity contribution in [3.05, 3.63) is 82.4 Å². The highest BCUT2D eigenvalue weighted by atomic mass is 35.5. The number of benzene rings is 3. The molecule has 1 amide bonds. The molecule has 3 aromatic carbocycles. The average Bonchev–Trinajstić information content (AvgIpc) is 3.51. The first-order valence-electron chi connectivity index (χ1n) is 13.9. The number of amides is 1. The summed E-state index contributed by atoms with van der Waals surface area (Å²) in [6.45, 7) is 7.23. The van der Waals surface area contributed by atoms with Gasteiger partial charge >= 0.3 is 5.91 Å². The van der Waals surface area contributed by atoms with Gasteiger partial charge in [-0.1, -0.05) is 42.3 Å². The van der Waals surface area contributed by atoms with Crippen LogP contribution in [0, 0.1) is 0 Å². The summed E-state index contributed by atoms with van der Waals surface area (Å²) in [5, 5.41) is 12.4. The predicted octanol–water partition coefficient (Wildman–Crippen LogP) is 7.55. The molecular formula is C32H31ClN2O6S. The molecule has 1 atom stereocenters. The molecule has 0 saturated carbocycles. The van der Waals surface area contributed by atoms with Crippen molar-refractivity contribution in [3.63, 3.8) is 0 Å². The molecule has 0 radical (unpaired) electrons. The second-order valence-electron chi connectivity index (χ2n) is 9.58. The Kier molecular flexibility index (Phi) is 8.99. The molecule has 0 bridgehead atoms. The molecule has 2 heterocycles. The Bertz CT molecular complexity index is 1650. The number of fused-ring (bicyclic) bond motifs is 1. The lowest BCUT2D eigenvalue weighted by molar-refractivity contribution is -0.132. The number of aliphatic hydroxyl groups is 1. The number of anilines is 1. The van der Waals surface area contributed by atoms with Crippen LogP contribution in [0.15, 0.2) is 66.2 Å². The molecule has 1 aliphatic rings. The Balaban J connectivity index is 1.67. The number of halogens is 1. The largest absolute Gasteiger partial charge is 0.507 e. The zero-order valence-corrected chi connectivity index (χ0v) is 25.1. The fraction of sp³-hybridized carbons (Fsp3) is 0.281. The molecular weight excluding hydrogens is 576 g/mol. The molecule has 42 heavy (non-hydrogen) atoms. The smallest absolute Gasteiger partial charge is 0.301 e. The number of hydrogen-bond acceptors (Lipinski definition) is 8. The number of ether oxygens (including phenoxy) is 3. The topological polar surface area (TPSA) is 98.2 Å². The molecule has 1 aromatic heterocycles. The van der Waals surface area contributed by atoms with Crippen molar-refractivity contribution in [1.29, 1.82) is 0 Å². The van der Waals surface area contributed by atoms with Gasteiger partial charge in [-0.3, -0.25) is 14.5 Å². The monoisotopic (exact) mass is 606 g/mol. The SMILES string of the molecule is CCCCOc1ccc(C2C(=C(O)c3ccc(OCC)cc3)C(=O)C(=O)N2c2nc3ccc(Cl)cc3s2)cc1OCC. The van der Waals surface area contributed by atoms with E-state index in [1.54, 1.807) is 60.7 Å². The van der Waals surface area contributed by atoms with Crippen molar-refractivity contribution < 1.29 is 28.9 Å². The minimum Gasteiger partial charge on any atom is -0.507 e. The van der Waals surface area contributed by atoms with Crippen LogP contribution >= 0.6 is 22.9 Å². The van der Waals surface area contributed by atoms with Crippen molar-refractivity contribution in [3.8, 4) is 17.2 Å². The molecule has 1 N–H and O–H groups in total. The fourth-order valence-corrected chi connectivity index (χ4v) is 6.04. The molecule has 0 spiro atoms. The lowest BCUT2D eigenvalue weighted by atomic mass is 9.95. The van der Waals surface area contributed by atoms with Gasteiger partial charge in [0, 0.05) is 10.6 Å². The number of nitrogens with zero attached hydrogens (tertiary/aromatic N) is 2. The number of aliphatic hydroxyl groups excluding tert-OH is 1. The van der Waals surface area contributed by atoms with Crippen molar-refractivity contribution >= 4 is 55.7 Å². The maximum atomic E-state index is 13.7. The van der Waals surface area contributed by atoms with Gasteiger partial charge in [0.15, 0.2) is 16.6 Å². The third-order valence-corrected chi connectivity index (χ3v) is 8.02. The third-order valence-electron chi connectivity index (χ3n) is 6.77. The van der Waals surface area contributed by atoms with Gasteiger partial charge in [-0.05, 0) is 80.4 Å². The van der Waals surface area contributed by atoms with Crippen LogP contribution in [-0.4, -0.2) is 41.6 Å². The number of carbonyl (C=O) groups excluding carboxylic acids is 2. The van der Waals surface area contributed by atoms with E-state index in [1.807, 2.05) is 13.8 Å². The maximum Gasteiger partial charge on any atom is 0.301 e. The van der Waals surface area contributed by atoms with E-state index in [9.17, 15) is 14.7 Å². The summed E-state index contributed by atoms with van der Waals surface area (Å²) in [6, 6.07) is 16.3. The van der Waals surface area contributed by atoms with Gasteiger partial charge in [0.2, 0.25) is 0 Å². The molecule has 8 nitrogen and oxygen atoms in total. The first-order chi connectivity index (χ1) is 20.4. The zero-order chi connectivity index (χ0) is 29.8. The maximum absolute atomic E-state index is 13.7. The zero-order valence-electron chi connectivity index (χ0n) is 23.6. The Labute approximate surface area is 253 Å². The molecule has 1 fully saturated rings. The summed E-state index contributed by atoms with van der Waals surface area (Å²) in [7, 11) is 0. The van der Waals surface area contributed by atoms with E-state index in [4.69, 9.17) is 25.8 Å². The summed E-state index contributed by atoms with van der Waals surface area (Å²) in [6.07, 6.45) is 1.87. The quantitative estimate of drug-likeness (QED) is 0.0814. The minimum absolute atomic E-state index is 0.0523. The van der Waals surface area contributed by atoms with Crippen molar-refractivity contribution in [1.82, 2.24) is 4.98 Å². The fourth-order valence-electron chi connectivity index (χ4n) is 4.77. The van der Waals surface area contributed by atoms with Crippen LogP contribution < -0.4 is 19.1 Å². The number of thiazole rings is 1. The number of hydrogen-bond donors (Lipinski definition) is 1. The summed E-state index contributed by atoms with van der Waals surface area (Å²) in [5.74, 6) is -0.238. The van der Waals surface area contributed by atoms with E-state index in [1.165, 1.54) is 16.2 Å². The molecule has 218 valence electrons. The van der Waals surface area contributed by atoms with Crippen LogP contribution in [-0.2, 0) is 9.59 Å². The molecule has 1 aliphatic heterocycles. The van der Waals surface area contributed by atoms with Crippen LogP contribution in [0.5, 0.6) is 17.2 Å². The number of carbonyl (C=O) groups is 2. The predicted molar refractivity (Wildman–Crippen MR) is 165 cm³/mol. The number of ketones is 1. The Hall–Kier alpha value is -4.08. The Morgan fingerprint density at radius 1 is 0.952 bits per heavy atom. The first kappa shape index (κ1) is 29.4. The highest BCUT2D eigenvalue weighted by Gasteiger charge is 2.48. The lowest BCUT2D eigenvalue weighted by Gasteiger charge is -2.24. The summed E-state index contributed by atoms with van der Waals surface area (Å²) in [5.41, 5.74) is 1.53. The average molecular weight is 607 g/mol. The van der Waals surface area contributed by atoms with E-state index in [0.717, 1.165) is 17.5 Å². The molecule has 4 aromatic rings. The van der Waals surface area contributed by atoms with E-state index in [-0.39, 0.29) is 11.3 Å². The molecule has 5 rings (SSSR count). The second kappa shape index (κ2) is 12.8. The van der Waals surface area contributed by atoms with Crippen LogP contribution in [0.2, 0.25) is 5.02 Å². The Morgan fingerprint density at radius 2 is 1.71 bits per heavy atom. The van der Waals surface area contributed by atoms with E-state index < -0.39 is 17.7 Å². The van der Waals surface area contributed by atoms with E-state index in [0.29, 0.717) is 63.9 Å². The molecule has 1 unspecified atom stereocenters. The van der Waals surface area contributed by atoms with Gasteiger partial charge in [0.05, 0.1) is 41.7 Å². The van der Waals surface area contributed by atoms with Gasteiger partial charge in [0.25, 0.3) is 5.78 Å². The normalized spacial score (nSPS) is 16.3. The molecule has 1 saturated heterocycles. The number of Topliss-reactive ketones (excluding diaryl/α,β-unsaturated/α-hetero) is 1. The van der Waals surface area contributed by atoms with E-state index in [2.05, 4.69) is 11.9 Å². The van der Waals surface area contributed by atoms with Crippen molar-refractivity contribution in [2.75, 3.05) is 24.7 Å². The molecule has 10 heteroatoms.